The van der Waals surface area contributed by atoms with Crippen LogP contribution in [0.2, 0.25) is 0 Å². The maximum Gasteiger partial charge on any atom is 0.227 e. The molecule has 0 heterocycles. The highest BCUT2D eigenvalue weighted by molar-refractivity contribution is 5.90. The predicted molar refractivity (Wildman–Crippen MR) is 85.6 cm³/mol. The van der Waals surface area contributed by atoms with Crippen LogP contribution in [-0.2, 0) is 11.2 Å². The number of carbonyl (C=O) groups is 1. The second-order valence-corrected chi connectivity index (χ2v) is 4.91. The van der Waals surface area contributed by atoms with Gasteiger partial charge in [0, 0.05) is 5.69 Å². The summed E-state index contributed by atoms with van der Waals surface area (Å²) in [5.41, 5.74) is 2.13. The molecule has 2 rings (SSSR count). The Morgan fingerprint density at radius 2 is 1.76 bits per heavy atom. The average Bonchev–Trinajstić information content (AvgIpc) is 2.51. The van der Waals surface area contributed by atoms with Crippen LogP contribution >= 0.6 is 0 Å². The first-order valence-electron chi connectivity index (χ1n) is 7.34. The van der Waals surface area contributed by atoms with Gasteiger partial charge in [0.05, 0.1) is 13.0 Å². The van der Waals surface area contributed by atoms with E-state index in [1.165, 1.54) is 5.56 Å². The molecule has 2 aromatic rings. The van der Waals surface area contributed by atoms with Crippen molar-refractivity contribution in [3.63, 3.8) is 0 Å². The van der Waals surface area contributed by atoms with Gasteiger partial charge in [-0.1, -0.05) is 43.7 Å². The summed E-state index contributed by atoms with van der Waals surface area (Å²) < 4.78 is 5.50. The molecule has 110 valence electrons. The molecule has 0 radical (unpaired) electrons. The fourth-order valence-electron chi connectivity index (χ4n) is 2.05. The van der Waals surface area contributed by atoms with Crippen molar-refractivity contribution in [2.45, 2.75) is 26.2 Å². The van der Waals surface area contributed by atoms with Gasteiger partial charge in [-0.25, -0.2) is 0 Å². The molecule has 0 saturated heterocycles. The van der Waals surface area contributed by atoms with Crippen molar-refractivity contribution >= 4 is 11.6 Å². The Hall–Kier alpha value is -2.29. The van der Waals surface area contributed by atoms with E-state index in [-0.39, 0.29) is 5.91 Å². The Balaban J connectivity index is 1.74. The SMILES string of the molecule is CCCc1ccc(NC(=O)CCOc2ccccc2)cc1. The number of benzene rings is 2. The van der Waals surface area contributed by atoms with Crippen molar-refractivity contribution in [3.8, 4) is 5.75 Å². The smallest absolute Gasteiger partial charge is 0.227 e. The molecule has 0 spiro atoms. The third-order valence-electron chi connectivity index (χ3n) is 3.12. The highest BCUT2D eigenvalue weighted by Crippen LogP contribution is 2.12. The molecule has 0 aliphatic carbocycles. The summed E-state index contributed by atoms with van der Waals surface area (Å²) in [5, 5.41) is 2.88. The van der Waals surface area contributed by atoms with Gasteiger partial charge in [-0.3, -0.25) is 4.79 Å². The summed E-state index contributed by atoms with van der Waals surface area (Å²) in [5.74, 6) is 0.753. The fourth-order valence-corrected chi connectivity index (χ4v) is 2.05. The summed E-state index contributed by atoms with van der Waals surface area (Å²) >= 11 is 0. The number of hydrogen-bond donors (Lipinski definition) is 1. The molecule has 0 fully saturated rings. The lowest BCUT2D eigenvalue weighted by molar-refractivity contribution is -0.116. The second kappa shape index (κ2) is 8.10. The molecule has 0 unspecified atom stereocenters. The third kappa shape index (κ3) is 5.30. The topological polar surface area (TPSA) is 38.3 Å². The van der Waals surface area contributed by atoms with Crippen molar-refractivity contribution < 1.29 is 9.53 Å². The van der Waals surface area contributed by atoms with Crippen molar-refractivity contribution in [3.05, 3.63) is 60.2 Å². The lowest BCUT2D eigenvalue weighted by Gasteiger charge is -2.08. The van der Waals surface area contributed by atoms with Crippen LogP contribution in [0.1, 0.15) is 25.3 Å². The van der Waals surface area contributed by atoms with Gasteiger partial charge in [0.15, 0.2) is 0 Å². The number of carbonyl (C=O) groups excluding carboxylic acids is 1. The molecular formula is C18H21NO2. The van der Waals surface area contributed by atoms with Crippen LogP contribution in [0.3, 0.4) is 0 Å². The highest BCUT2D eigenvalue weighted by Gasteiger charge is 2.03. The number of para-hydroxylation sites is 1. The molecule has 0 bridgehead atoms. The Bertz CT molecular complexity index is 549. The van der Waals surface area contributed by atoms with Gasteiger partial charge < -0.3 is 10.1 Å². The normalized spacial score (nSPS) is 10.1. The minimum absolute atomic E-state index is 0.0332. The van der Waals surface area contributed by atoms with E-state index in [1.54, 1.807) is 0 Å². The molecule has 0 atom stereocenters. The monoisotopic (exact) mass is 283 g/mol. The Morgan fingerprint density at radius 1 is 1.05 bits per heavy atom. The minimum Gasteiger partial charge on any atom is -0.493 e. The largest absolute Gasteiger partial charge is 0.493 e. The van der Waals surface area contributed by atoms with Crippen molar-refractivity contribution in [1.82, 2.24) is 0 Å². The lowest BCUT2D eigenvalue weighted by Crippen LogP contribution is -2.15. The molecule has 3 nitrogen and oxygen atoms in total. The van der Waals surface area contributed by atoms with Gasteiger partial charge in [-0.05, 0) is 36.2 Å². The molecule has 3 heteroatoms. The maximum absolute atomic E-state index is 11.8. The van der Waals surface area contributed by atoms with Crippen LogP contribution in [0.4, 0.5) is 5.69 Å². The fraction of sp³-hybridized carbons (Fsp3) is 0.278. The Kier molecular flexibility index (Phi) is 5.83. The van der Waals surface area contributed by atoms with Gasteiger partial charge in [0.25, 0.3) is 0 Å². The highest BCUT2D eigenvalue weighted by atomic mass is 16.5. The molecule has 0 aromatic heterocycles. The first-order chi connectivity index (χ1) is 10.3. The van der Waals surface area contributed by atoms with Gasteiger partial charge in [0.1, 0.15) is 5.75 Å². The first kappa shape index (κ1) is 15.1. The number of amides is 1. The lowest BCUT2D eigenvalue weighted by atomic mass is 10.1. The summed E-state index contributed by atoms with van der Waals surface area (Å²) in [7, 11) is 0. The number of nitrogens with one attached hydrogen (secondary N) is 1. The standard InChI is InChI=1S/C18H21NO2/c1-2-6-15-9-11-16(12-10-15)19-18(20)13-14-21-17-7-4-3-5-8-17/h3-5,7-12H,2,6,13-14H2,1H3,(H,19,20). The zero-order valence-corrected chi connectivity index (χ0v) is 12.3. The van der Waals surface area contributed by atoms with Crippen LogP contribution in [0.25, 0.3) is 0 Å². The van der Waals surface area contributed by atoms with Crippen LogP contribution in [-0.4, -0.2) is 12.5 Å². The molecule has 1 amide bonds. The van der Waals surface area contributed by atoms with E-state index >= 15 is 0 Å². The summed E-state index contributed by atoms with van der Waals surface area (Å²) in [6.45, 7) is 2.53. The molecular weight excluding hydrogens is 262 g/mol. The van der Waals surface area contributed by atoms with E-state index in [9.17, 15) is 4.79 Å². The molecule has 1 N–H and O–H groups in total. The number of hydrogen-bond acceptors (Lipinski definition) is 2. The van der Waals surface area contributed by atoms with Crippen molar-refractivity contribution in [2.24, 2.45) is 0 Å². The van der Waals surface area contributed by atoms with Gasteiger partial charge in [-0.15, -0.1) is 0 Å². The molecule has 0 aliphatic heterocycles. The molecule has 21 heavy (non-hydrogen) atoms. The average molecular weight is 283 g/mol. The Morgan fingerprint density at radius 3 is 2.43 bits per heavy atom. The van der Waals surface area contributed by atoms with Crippen molar-refractivity contribution in [1.29, 1.82) is 0 Å². The quantitative estimate of drug-likeness (QED) is 0.832. The van der Waals surface area contributed by atoms with Gasteiger partial charge >= 0.3 is 0 Å². The zero-order chi connectivity index (χ0) is 14.9. The van der Waals surface area contributed by atoms with E-state index in [0.717, 1.165) is 24.3 Å². The van der Waals surface area contributed by atoms with Crippen molar-refractivity contribution in [2.75, 3.05) is 11.9 Å². The Labute approximate surface area is 126 Å². The first-order valence-corrected chi connectivity index (χ1v) is 7.34. The summed E-state index contributed by atoms with van der Waals surface area (Å²) in [6, 6.07) is 17.5. The van der Waals surface area contributed by atoms with Crippen LogP contribution in [0.5, 0.6) is 5.75 Å². The van der Waals surface area contributed by atoms with Gasteiger partial charge in [0.2, 0.25) is 5.91 Å². The van der Waals surface area contributed by atoms with Crippen LogP contribution in [0, 0.1) is 0 Å². The van der Waals surface area contributed by atoms with E-state index < -0.39 is 0 Å². The summed E-state index contributed by atoms with van der Waals surface area (Å²) in [6.07, 6.45) is 2.53. The number of rotatable bonds is 7. The molecule has 0 saturated carbocycles. The summed E-state index contributed by atoms with van der Waals surface area (Å²) in [4.78, 5) is 11.8. The molecule has 0 aliphatic rings. The molecule has 2 aromatic carbocycles. The number of anilines is 1. The maximum atomic E-state index is 11.8. The van der Waals surface area contributed by atoms with E-state index in [1.807, 2.05) is 42.5 Å². The predicted octanol–water partition coefficient (Wildman–Crippen LogP) is 4.05. The van der Waals surface area contributed by atoms with Crippen LogP contribution in [0.15, 0.2) is 54.6 Å². The number of aryl methyl sites for hydroxylation is 1. The second-order valence-electron chi connectivity index (χ2n) is 4.91. The number of ether oxygens (including phenoxy) is 1. The zero-order valence-electron chi connectivity index (χ0n) is 12.3. The minimum atomic E-state index is -0.0332. The van der Waals surface area contributed by atoms with Crippen LogP contribution < -0.4 is 10.1 Å². The van der Waals surface area contributed by atoms with E-state index in [0.29, 0.717) is 13.0 Å². The van der Waals surface area contributed by atoms with Gasteiger partial charge in [-0.2, -0.15) is 0 Å². The van der Waals surface area contributed by atoms with E-state index in [2.05, 4.69) is 24.4 Å². The van der Waals surface area contributed by atoms with E-state index in [4.69, 9.17) is 4.74 Å². The third-order valence-corrected chi connectivity index (χ3v) is 3.12.